The van der Waals surface area contributed by atoms with Gasteiger partial charge in [0, 0.05) is 25.7 Å². The Morgan fingerprint density at radius 2 is 1.64 bits per heavy atom. The van der Waals surface area contributed by atoms with Gasteiger partial charge in [0.1, 0.15) is 0 Å². The topological polar surface area (TPSA) is 39.1 Å². The number of nitriles is 1. The van der Waals surface area contributed by atoms with Crippen LogP contribution < -0.4 is 5.32 Å². The van der Waals surface area contributed by atoms with Gasteiger partial charge >= 0.3 is 0 Å². The first-order valence-corrected chi connectivity index (χ1v) is 7.83. The molecule has 1 heterocycles. The number of benzene rings is 2. The van der Waals surface area contributed by atoms with Gasteiger partial charge in [0.2, 0.25) is 0 Å². The maximum atomic E-state index is 9.15. The molecule has 1 N–H and O–H groups in total. The number of hydrogen-bond acceptors (Lipinski definition) is 3. The van der Waals surface area contributed by atoms with Crippen LogP contribution in [0.2, 0.25) is 0 Å². The lowest BCUT2D eigenvalue weighted by Gasteiger charge is -2.41. The van der Waals surface area contributed by atoms with Crippen LogP contribution in [-0.4, -0.2) is 30.6 Å². The summed E-state index contributed by atoms with van der Waals surface area (Å²) >= 11 is 0. The van der Waals surface area contributed by atoms with E-state index in [4.69, 9.17) is 5.26 Å². The molecule has 3 rings (SSSR count). The largest absolute Gasteiger partial charge is 0.314 e. The SMILES string of the molecule is N#CC[C@@H]1CNCCN1C(c1ccccc1)c1ccccc1. The molecule has 0 spiro atoms. The average Bonchev–Trinajstić information content (AvgIpc) is 2.59. The molecule has 3 heteroatoms. The Morgan fingerprint density at radius 1 is 1.05 bits per heavy atom. The van der Waals surface area contributed by atoms with E-state index in [0.717, 1.165) is 19.6 Å². The fourth-order valence-electron chi connectivity index (χ4n) is 3.26. The molecular formula is C19H21N3. The van der Waals surface area contributed by atoms with E-state index in [1.807, 2.05) is 0 Å². The minimum absolute atomic E-state index is 0.211. The molecule has 1 saturated heterocycles. The maximum Gasteiger partial charge on any atom is 0.0638 e. The molecule has 2 aromatic carbocycles. The fraction of sp³-hybridized carbons (Fsp3) is 0.316. The molecule has 0 radical (unpaired) electrons. The van der Waals surface area contributed by atoms with E-state index in [9.17, 15) is 0 Å². The fourth-order valence-corrected chi connectivity index (χ4v) is 3.26. The van der Waals surface area contributed by atoms with Gasteiger partial charge in [-0.15, -0.1) is 0 Å². The normalized spacial score (nSPS) is 19.0. The lowest BCUT2D eigenvalue weighted by Crippen LogP contribution is -2.52. The molecule has 1 aliphatic heterocycles. The van der Waals surface area contributed by atoms with E-state index in [0.29, 0.717) is 6.42 Å². The summed E-state index contributed by atoms with van der Waals surface area (Å²) in [6.45, 7) is 2.81. The van der Waals surface area contributed by atoms with Crippen molar-refractivity contribution in [2.45, 2.75) is 18.5 Å². The maximum absolute atomic E-state index is 9.15. The van der Waals surface area contributed by atoms with Crippen LogP contribution in [0.4, 0.5) is 0 Å². The Bertz CT molecular complexity index is 579. The summed E-state index contributed by atoms with van der Waals surface area (Å²) in [5.41, 5.74) is 2.58. The Labute approximate surface area is 132 Å². The molecule has 0 saturated carbocycles. The molecule has 0 bridgehead atoms. The average molecular weight is 291 g/mol. The van der Waals surface area contributed by atoms with Gasteiger partial charge in [-0.05, 0) is 11.1 Å². The monoisotopic (exact) mass is 291 g/mol. The van der Waals surface area contributed by atoms with Gasteiger partial charge in [0.25, 0.3) is 0 Å². The van der Waals surface area contributed by atoms with Gasteiger partial charge in [0.15, 0.2) is 0 Å². The lowest BCUT2D eigenvalue weighted by atomic mass is 9.94. The molecule has 0 unspecified atom stereocenters. The number of hydrogen-bond donors (Lipinski definition) is 1. The van der Waals surface area contributed by atoms with Crippen molar-refractivity contribution in [2.24, 2.45) is 0 Å². The Hall–Kier alpha value is -2.15. The van der Waals surface area contributed by atoms with E-state index in [1.54, 1.807) is 0 Å². The van der Waals surface area contributed by atoms with Crippen molar-refractivity contribution < 1.29 is 0 Å². The smallest absolute Gasteiger partial charge is 0.0638 e. The van der Waals surface area contributed by atoms with Crippen molar-refractivity contribution in [3.05, 3.63) is 71.8 Å². The van der Waals surface area contributed by atoms with Gasteiger partial charge < -0.3 is 5.32 Å². The summed E-state index contributed by atoms with van der Waals surface area (Å²) in [5, 5.41) is 12.6. The third-order valence-corrected chi connectivity index (χ3v) is 4.28. The predicted octanol–water partition coefficient (Wildman–Crippen LogP) is 2.96. The molecule has 1 atom stereocenters. The Kier molecular flexibility index (Phi) is 4.85. The van der Waals surface area contributed by atoms with Crippen molar-refractivity contribution >= 4 is 0 Å². The summed E-state index contributed by atoms with van der Waals surface area (Å²) in [4.78, 5) is 2.48. The second kappa shape index (κ2) is 7.22. The minimum atomic E-state index is 0.211. The quantitative estimate of drug-likeness (QED) is 0.941. The molecule has 0 amide bonds. The first-order valence-electron chi connectivity index (χ1n) is 7.83. The highest BCUT2D eigenvalue weighted by molar-refractivity contribution is 5.32. The second-order valence-electron chi connectivity index (χ2n) is 5.68. The highest BCUT2D eigenvalue weighted by atomic mass is 15.2. The van der Waals surface area contributed by atoms with Crippen LogP contribution in [0.1, 0.15) is 23.6 Å². The summed E-state index contributed by atoms with van der Waals surface area (Å²) < 4.78 is 0. The number of nitrogens with zero attached hydrogens (tertiary/aromatic N) is 2. The molecule has 1 fully saturated rings. The minimum Gasteiger partial charge on any atom is -0.314 e. The number of rotatable bonds is 4. The Balaban J connectivity index is 1.99. The molecule has 22 heavy (non-hydrogen) atoms. The van der Waals surface area contributed by atoms with Gasteiger partial charge in [-0.1, -0.05) is 60.7 Å². The van der Waals surface area contributed by atoms with Crippen LogP contribution in [0, 0.1) is 11.3 Å². The van der Waals surface area contributed by atoms with Gasteiger partial charge in [-0.3, -0.25) is 4.90 Å². The second-order valence-corrected chi connectivity index (χ2v) is 5.68. The van der Waals surface area contributed by atoms with E-state index in [1.165, 1.54) is 11.1 Å². The molecule has 1 aliphatic rings. The lowest BCUT2D eigenvalue weighted by molar-refractivity contribution is 0.127. The summed E-state index contributed by atoms with van der Waals surface area (Å²) in [7, 11) is 0. The van der Waals surface area contributed by atoms with Crippen molar-refractivity contribution in [2.75, 3.05) is 19.6 Å². The van der Waals surface area contributed by atoms with Crippen molar-refractivity contribution in [1.29, 1.82) is 5.26 Å². The summed E-state index contributed by atoms with van der Waals surface area (Å²) in [6.07, 6.45) is 0.559. The van der Waals surface area contributed by atoms with Gasteiger partial charge in [-0.2, -0.15) is 5.26 Å². The zero-order valence-electron chi connectivity index (χ0n) is 12.7. The molecule has 0 aromatic heterocycles. The van der Waals surface area contributed by atoms with Crippen LogP contribution in [0.15, 0.2) is 60.7 Å². The number of nitrogens with one attached hydrogen (secondary N) is 1. The summed E-state index contributed by atoms with van der Waals surface area (Å²) in [5.74, 6) is 0. The molecular weight excluding hydrogens is 270 g/mol. The molecule has 0 aliphatic carbocycles. The third-order valence-electron chi connectivity index (χ3n) is 4.28. The first kappa shape index (κ1) is 14.8. The molecule has 3 nitrogen and oxygen atoms in total. The van der Waals surface area contributed by atoms with E-state index < -0.39 is 0 Å². The van der Waals surface area contributed by atoms with E-state index in [-0.39, 0.29) is 12.1 Å². The summed E-state index contributed by atoms with van der Waals surface area (Å²) in [6, 6.07) is 24.0. The Morgan fingerprint density at radius 3 is 2.18 bits per heavy atom. The number of piperazine rings is 1. The molecule has 112 valence electrons. The van der Waals surface area contributed by atoms with Crippen molar-refractivity contribution in [3.8, 4) is 6.07 Å². The van der Waals surface area contributed by atoms with Gasteiger partial charge in [0.05, 0.1) is 18.5 Å². The zero-order valence-corrected chi connectivity index (χ0v) is 12.7. The first-order chi connectivity index (χ1) is 10.9. The van der Waals surface area contributed by atoms with Crippen molar-refractivity contribution in [1.82, 2.24) is 10.2 Å². The third kappa shape index (κ3) is 3.19. The standard InChI is InChI=1S/C19H21N3/c20-12-11-18-15-21-13-14-22(18)19(16-7-3-1-4-8-16)17-9-5-2-6-10-17/h1-10,18-19,21H,11,13-15H2/t18-/m1/s1. The predicted molar refractivity (Wildman–Crippen MR) is 88.3 cm³/mol. The van der Waals surface area contributed by atoms with Crippen molar-refractivity contribution in [3.63, 3.8) is 0 Å². The van der Waals surface area contributed by atoms with E-state index >= 15 is 0 Å². The van der Waals surface area contributed by atoms with E-state index in [2.05, 4.69) is 76.9 Å². The zero-order chi connectivity index (χ0) is 15.2. The van der Waals surface area contributed by atoms with Crippen LogP contribution in [0.5, 0.6) is 0 Å². The van der Waals surface area contributed by atoms with Crippen LogP contribution in [-0.2, 0) is 0 Å². The van der Waals surface area contributed by atoms with Crippen LogP contribution in [0.25, 0.3) is 0 Å². The van der Waals surface area contributed by atoms with Crippen LogP contribution >= 0.6 is 0 Å². The molecule has 2 aromatic rings. The highest BCUT2D eigenvalue weighted by Crippen LogP contribution is 2.31. The van der Waals surface area contributed by atoms with Gasteiger partial charge in [-0.25, -0.2) is 0 Å². The highest BCUT2D eigenvalue weighted by Gasteiger charge is 2.30. The van der Waals surface area contributed by atoms with Crippen LogP contribution in [0.3, 0.4) is 0 Å².